The van der Waals surface area contributed by atoms with Crippen molar-refractivity contribution in [1.82, 2.24) is 9.97 Å². The molecule has 0 aliphatic carbocycles. The van der Waals surface area contributed by atoms with E-state index in [0.717, 1.165) is 17.0 Å². The number of nitrogens with zero attached hydrogens (tertiary/aromatic N) is 2. The summed E-state index contributed by atoms with van der Waals surface area (Å²) in [6.07, 6.45) is 7.89. The van der Waals surface area contributed by atoms with Gasteiger partial charge in [0.25, 0.3) is 0 Å². The van der Waals surface area contributed by atoms with Gasteiger partial charge in [-0.05, 0) is 53.8 Å². The minimum Gasteiger partial charge on any atom is -0.255 e. The first-order valence-corrected chi connectivity index (χ1v) is 7.30. The van der Waals surface area contributed by atoms with Gasteiger partial charge in [0, 0.05) is 17.3 Å². The predicted octanol–water partition coefficient (Wildman–Crippen LogP) is 4.68. The summed E-state index contributed by atoms with van der Waals surface area (Å²) < 4.78 is 0. The van der Waals surface area contributed by atoms with Gasteiger partial charge < -0.3 is 0 Å². The summed E-state index contributed by atoms with van der Waals surface area (Å²) in [5.41, 5.74) is 4.20. The molecule has 3 rings (SSSR count). The number of thiophene rings is 1. The Balaban J connectivity index is 1.80. The Bertz CT molecular complexity index is 712. The molecular weight excluding hydrogens is 264 g/mol. The minimum atomic E-state index is 0.898. The topological polar surface area (TPSA) is 25.8 Å². The van der Waals surface area contributed by atoms with E-state index < -0.39 is 0 Å². The second kappa shape index (κ2) is 5.80. The highest BCUT2D eigenvalue weighted by Gasteiger charge is 1.99. The summed E-state index contributed by atoms with van der Waals surface area (Å²) in [7, 11) is 0. The Morgan fingerprint density at radius 1 is 0.950 bits per heavy atom. The van der Waals surface area contributed by atoms with Crippen LogP contribution in [0.3, 0.4) is 0 Å². The molecule has 20 heavy (non-hydrogen) atoms. The summed E-state index contributed by atoms with van der Waals surface area (Å²) in [6.45, 7) is 2.12. The van der Waals surface area contributed by atoms with Crippen molar-refractivity contribution >= 4 is 23.5 Å². The summed E-state index contributed by atoms with van der Waals surface area (Å²) in [4.78, 5) is 10.0. The zero-order valence-corrected chi connectivity index (χ0v) is 12.0. The highest BCUT2D eigenvalue weighted by Crippen LogP contribution is 2.19. The van der Waals surface area contributed by atoms with E-state index in [9.17, 15) is 0 Å². The van der Waals surface area contributed by atoms with Gasteiger partial charge in [0.1, 0.15) is 0 Å². The molecule has 2 nitrogen and oxygen atoms in total. The Hall–Kier alpha value is -2.26. The lowest BCUT2D eigenvalue weighted by Gasteiger charge is -1.99. The van der Waals surface area contributed by atoms with E-state index in [1.54, 1.807) is 17.5 Å². The molecule has 0 saturated carbocycles. The molecule has 0 unspecified atom stereocenters. The second-order valence-electron chi connectivity index (χ2n) is 4.49. The Kier molecular flexibility index (Phi) is 3.70. The van der Waals surface area contributed by atoms with E-state index in [1.807, 2.05) is 30.5 Å². The average Bonchev–Trinajstić information content (AvgIpc) is 2.92. The van der Waals surface area contributed by atoms with E-state index in [1.165, 1.54) is 10.4 Å². The van der Waals surface area contributed by atoms with Gasteiger partial charge in [-0.1, -0.05) is 18.2 Å². The van der Waals surface area contributed by atoms with Crippen LogP contribution in [0.5, 0.6) is 0 Å². The Labute approximate surface area is 122 Å². The van der Waals surface area contributed by atoms with Crippen LogP contribution in [0.1, 0.15) is 16.0 Å². The van der Waals surface area contributed by atoms with Gasteiger partial charge in [0.05, 0.1) is 11.4 Å². The quantitative estimate of drug-likeness (QED) is 0.695. The van der Waals surface area contributed by atoms with Crippen LogP contribution in [0.2, 0.25) is 0 Å². The van der Waals surface area contributed by atoms with Crippen LogP contribution in [-0.2, 0) is 0 Å². The monoisotopic (exact) mass is 278 g/mol. The molecule has 98 valence electrons. The van der Waals surface area contributed by atoms with Crippen molar-refractivity contribution in [2.45, 2.75) is 6.92 Å². The minimum absolute atomic E-state index is 0.898. The normalized spacial score (nSPS) is 11.1. The lowest BCUT2D eigenvalue weighted by molar-refractivity contribution is 1.24. The number of aryl methyl sites for hydroxylation is 1. The van der Waals surface area contributed by atoms with E-state index in [0.29, 0.717) is 0 Å². The number of hydrogen-bond acceptors (Lipinski definition) is 3. The number of aromatic nitrogens is 2. The number of pyridine rings is 2. The van der Waals surface area contributed by atoms with Crippen molar-refractivity contribution in [2.24, 2.45) is 0 Å². The zero-order valence-electron chi connectivity index (χ0n) is 11.2. The molecule has 0 aliphatic rings. The first-order chi connectivity index (χ1) is 9.83. The fraction of sp³-hybridized carbons (Fsp3) is 0.0588. The highest BCUT2D eigenvalue weighted by molar-refractivity contribution is 7.11. The zero-order chi connectivity index (χ0) is 13.8. The largest absolute Gasteiger partial charge is 0.255 e. The molecule has 0 bridgehead atoms. The standard InChI is InChI=1S/C17H14N2S/c1-13-9-11-20-17(13)8-6-14-5-7-16(19-12-14)15-4-2-3-10-18-15/h2-12H,1H3/b8-6-. The summed E-state index contributed by atoms with van der Waals surface area (Å²) >= 11 is 1.75. The molecule has 0 saturated heterocycles. The Morgan fingerprint density at radius 3 is 2.50 bits per heavy atom. The van der Waals surface area contributed by atoms with Crippen LogP contribution >= 0.6 is 11.3 Å². The van der Waals surface area contributed by atoms with Gasteiger partial charge >= 0.3 is 0 Å². The highest BCUT2D eigenvalue weighted by atomic mass is 32.1. The molecule has 0 radical (unpaired) electrons. The third-order valence-electron chi connectivity index (χ3n) is 3.04. The first kappa shape index (κ1) is 12.8. The molecular formula is C17H14N2S. The molecule has 0 aromatic carbocycles. The van der Waals surface area contributed by atoms with Crippen LogP contribution in [0.15, 0.2) is 54.2 Å². The molecule has 3 aromatic rings. The van der Waals surface area contributed by atoms with Crippen molar-refractivity contribution < 1.29 is 0 Å². The maximum absolute atomic E-state index is 4.46. The lowest BCUT2D eigenvalue weighted by Crippen LogP contribution is -1.86. The maximum atomic E-state index is 4.46. The number of rotatable bonds is 3. The fourth-order valence-corrected chi connectivity index (χ4v) is 2.72. The van der Waals surface area contributed by atoms with Crippen LogP contribution in [0.25, 0.3) is 23.5 Å². The second-order valence-corrected chi connectivity index (χ2v) is 5.44. The van der Waals surface area contributed by atoms with Crippen molar-refractivity contribution in [3.63, 3.8) is 0 Å². The van der Waals surface area contributed by atoms with Crippen molar-refractivity contribution in [2.75, 3.05) is 0 Å². The van der Waals surface area contributed by atoms with Crippen molar-refractivity contribution in [3.8, 4) is 11.4 Å². The van der Waals surface area contributed by atoms with Gasteiger partial charge in [0.15, 0.2) is 0 Å². The molecule has 3 aromatic heterocycles. The first-order valence-electron chi connectivity index (χ1n) is 6.42. The van der Waals surface area contributed by atoms with Crippen LogP contribution < -0.4 is 0 Å². The van der Waals surface area contributed by atoms with Crippen LogP contribution in [0.4, 0.5) is 0 Å². The number of hydrogen-bond donors (Lipinski definition) is 0. The molecule has 3 heteroatoms. The van der Waals surface area contributed by atoms with E-state index in [2.05, 4.69) is 46.6 Å². The van der Waals surface area contributed by atoms with Gasteiger partial charge in [-0.15, -0.1) is 11.3 Å². The molecule has 0 amide bonds. The molecule has 0 fully saturated rings. The van der Waals surface area contributed by atoms with Crippen LogP contribution in [0, 0.1) is 6.92 Å². The smallest absolute Gasteiger partial charge is 0.0886 e. The van der Waals surface area contributed by atoms with Gasteiger partial charge in [0.2, 0.25) is 0 Å². The van der Waals surface area contributed by atoms with E-state index >= 15 is 0 Å². The van der Waals surface area contributed by atoms with Gasteiger partial charge in [-0.3, -0.25) is 9.97 Å². The van der Waals surface area contributed by atoms with Gasteiger partial charge in [-0.2, -0.15) is 0 Å². The van der Waals surface area contributed by atoms with Crippen LogP contribution in [-0.4, -0.2) is 9.97 Å². The van der Waals surface area contributed by atoms with E-state index in [4.69, 9.17) is 0 Å². The molecule has 0 N–H and O–H groups in total. The molecule has 3 heterocycles. The molecule has 0 aliphatic heterocycles. The van der Waals surface area contributed by atoms with Crippen molar-refractivity contribution in [1.29, 1.82) is 0 Å². The van der Waals surface area contributed by atoms with Crippen molar-refractivity contribution in [3.05, 3.63) is 70.2 Å². The SMILES string of the molecule is Cc1ccsc1/C=C\c1ccc(-c2ccccn2)nc1. The van der Waals surface area contributed by atoms with E-state index in [-0.39, 0.29) is 0 Å². The summed E-state index contributed by atoms with van der Waals surface area (Å²) in [5.74, 6) is 0. The summed E-state index contributed by atoms with van der Waals surface area (Å²) in [5, 5.41) is 2.11. The average molecular weight is 278 g/mol. The van der Waals surface area contributed by atoms with Gasteiger partial charge in [-0.25, -0.2) is 0 Å². The fourth-order valence-electron chi connectivity index (χ4n) is 1.90. The third-order valence-corrected chi connectivity index (χ3v) is 4.03. The predicted molar refractivity (Wildman–Crippen MR) is 85.5 cm³/mol. The Morgan fingerprint density at radius 2 is 1.85 bits per heavy atom. The summed E-state index contributed by atoms with van der Waals surface area (Å²) in [6, 6.07) is 12.0. The molecule has 0 atom stereocenters. The maximum Gasteiger partial charge on any atom is 0.0886 e. The molecule has 0 spiro atoms. The lowest BCUT2D eigenvalue weighted by atomic mass is 10.2. The third kappa shape index (κ3) is 2.83.